The summed E-state index contributed by atoms with van der Waals surface area (Å²) in [6.07, 6.45) is 0. The number of hydrogen-bond acceptors (Lipinski definition) is 5. The predicted molar refractivity (Wildman–Crippen MR) is 107 cm³/mol. The van der Waals surface area contributed by atoms with Gasteiger partial charge in [0, 0.05) is 10.6 Å². The summed E-state index contributed by atoms with van der Waals surface area (Å²) in [7, 11) is -3.56. The second kappa shape index (κ2) is 8.41. The maximum atomic E-state index is 12.4. The minimum Gasteiger partial charge on any atom is -0.455 e. The van der Waals surface area contributed by atoms with Gasteiger partial charge in [-0.15, -0.1) is 0 Å². The van der Waals surface area contributed by atoms with Crippen molar-refractivity contribution in [2.45, 2.75) is 17.6 Å². The van der Waals surface area contributed by atoms with E-state index in [2.05, 4.69) is 10.5 Å². The number of benzene rings is 2. The van der Waals surface area contributed by atoms with Gasteiger partial charge in [-0.1, -0.05) is 48.0 Å². The lowest BCUT2D eigenvalue weighted by atomic mass is 10.1. The molecule has 0 atom stereocenters. The summed E-state index contributed by atoms with van der Waals surface area (Å²) in [4.78, 5) is 12.4. The van der Waals surface area contributed by atoms with E-state index in [0.717, 1.165) is 0 Å². The molecule has 0 unspecified atom stereocenters. The van der Waals surface area contributed by atoms with Gasteiger partial charge in [0.25, 0.3) is 0 Å². The fourth-order valence-corrected chi connectivity index (χ4v) is 4.02. The molecule has 0 aliphatic carbocycles. The van der Waals surface area contributed by atoms with Crippen molar-refractivity contribution in [2.75, 3.05) is 0 Å². The second-order valence-electron chi connectivity index (χ2n) is 5.96. The molecule has 0 radical (unpaired) electrons. The van der Waals surface area contributed by atoms with Crippen LogP contribution >= 0.6 is 11.6 Å². The predicted octanol–water partition coefficient (Wildman–Crippen LogP) is 4.06. The van der Waals surface area contributed by atoms with E-state index in [1.807, 2.05) is 6.07 Å². The third kappa shape index (κ3) is 4.68. The molecule has 1 aromatic heterocycles. The number of halogens is 1. The average Bonchev–Trinajstić information content (AvgIpc) is 3.15. The topological polar surface area (TPSA) is 88.7 Å². The van der Waals surface area contributed by atoms with E-state index in [1.165, 1.54) is 24.3 Å². The van der Waals surface area contributed by atoms with Crippen LogP contribution in [0.1, 0.15) is 28.8 Å². The van der Waals surface area contributed by atoms with Gasteiger partial charge < -0.3 is 4.42 Å². The van der Waals surface area contributed by atoms with Crippen LogP contribution in [0, 0.1) is 0 Å². The lowest BCUT2D eigenvalue weighted by Crippen LogP contribution is -2.18. The highest BCUT2D eigenvalue weighted by Crippen LogP contribution is 2.18. The number of carbonyl (C=O) groups excluding carboxylic acids is 1. The van der Waals surface area contributed by atoms with Crippen molar-refractivity contribution < 1.29 is 17.6 Å². The molecule has 2 aromatic carbocycles. The molecule has 8 heteroatoms. The molecule has 3 rings (SSSR count). The molecular formula is C20H17ClN2O4S. The number of amides is 1. The maximum absolute atomic E-state index is 12.4. The normalized spacial score (nSPS) is 12.0. The van der Waals surface area contributed by atoms with Gasteiger partial charge in [0.15, 0.2) is 15.6 Å². The van der Waals surface area contributed by atoms with Crippen LogP contribution in [0.4, 0.5) is 0 Å². The molecule has 0 aliphatic rings. The van der Waals surface area contributed by atoms with Crippen LogP contribution in [0.5, 0.6) is 0 Å². The smallest absolute Gasteiger partial charge is 0.307 e. The largest absolute Gasteiger partial charge is 0.455 e. The zero-order valence-corrected chi connectivity index (χ0v) is 16.5. The number of hydrogen-bond donors (Lipinski definition) is 1. The van der Waals surface area contributed by atoms with Crippen molar-refractivity contribution in [3.8, 4) is 0 Å². The summed E-state index contributed by atoms with van der Waals surface area (Å²) in [6.45, 7) is 1.71. The Morgan fingerprint density at radius 2 is 1.71 bits per heavy atom. The number of nitrogens with one attached hydrogen (secondary N) is 1. The Morgan fingerprint density at radius 3 is 2.43 bits per heavy atom. The molecule has 0 saturated heterocycles. The molecule has 1 amide bonds. The molecule has 0 spiro atoms. The van der Waals surface area contributed by atoms with Crippen molar-refractivity contribution in [3.05, 3.63) is 88.8 Å². The van der Waals surface area contributed by atoms with E-state index < -0.39 is 15.7 Å². The number of sulfone groups is 1. The molecular weight excluding hydrogens is 400 g/mol. The standard InChI is InChI=1S/C20H17ClN2O4S/c1-14(17-9-5-6-10-18(17)21)22-23-20(24)19-12-11-15(27-19)13-28(25,26)16-7-3-2-4-8-16/h2-12H,13H2,1H3,(H,23,24)/b22-14-. The van der Waals surface area contributed by atoms with Crippen molar-refractivity contribution in [2.24, 2.45) is 5.10 Å². The fourth-order valence-electron chi connectivity index (χ4n) is 2.48. The van der Waals surface area contributed by atoms with Gasteiger partial charge in [0.05, 0.1) is 10.6 Å². The van der Waals surface area contributed by atoms with Gasteiger partial charge in [-0.3, -0.25) is 4.79 Å². The van der Waals surface area contributed by atoms with E-state index in [0.29, 0.717) is 16.3 Å². The second-order valence-corrected chi connectivity index (χ2v) is 8.35. The number of hydrazone groups is 1. The van der Waals surface area contributed by atoms with Gasteiger partial charge in [-0.2, -0.15) is 5.10 Å². The Kier molecular flexibility index (Phi) is 5.96. The van der Waals surface area contributed by atoms with Crippen molar-refractivity contribution >= 4 is 33.1 Å². The maximum Gasteiger partial charge on any atom is 0.307 e. The van der Waals surface area contributed by atoms with E-state index in [4.69, 9.17) is 16.0 Å². The number of nitrogens with zero attached hydrogens (tertiary/aromatic N) is 1. The van der Waals surface area contributed by atoms with Crippen molar-refractivity contribution in [1.29, 1.82) is 0 Å². The molecule has 28 heavy (non-hydrogen) atoms. The summed E-state index contributed by atoms with van der Waals surface area (Å²) < 4.78 is 30.2. The summed E-state index contributed by atoms with van der Waals surface area (Å²) in [5.74, 6) is -0.795. The molecule has 0 fully saturated rings. The lowest BCUT2D eigenvalue weighted by molar-refractivity contribution is 0.0925. The zero-order valence-electron chi connectivity index (χ0n) is 14.9. The Hall–Kier alpha value is -2.90. The first-order valence-electron chi connectivity index (χ1n) is 8.33. The highest BCUT2D eigenvalue weighted by atomic mass is 35.5. The first-order chi connectivity index (χ1) is 13.4. The molecule has 0 saturated carbocycles. The lowest BCUT2D eigenvalue weighted by Gasteiger charge is -2.04. The molecule has 0 aliphatic heterocycles. The molecule has 144 valence electrons. The van der Waals surface area contributed by atoms with Crippen LogP contribution in [0.25, 0.3) is 0 Å². The van der Waals surface area contributed by atoms with Gasteiger partial charge in [-0.05, 0) is 37.3 Å². The van der Waals surface area contributed by atoms with Crippen LogP contribution in [0.2, 0.25) is 5.02 Å². The van der Waals surface area contributed by atoms with Crippen LogP contribution in [-0.4, -0.2) is 20.0 Å². The Morgan fingerprint density at radius 1 is 1.04 bits per heavy atom. The van der Waals surface area contributed by atoms with E-state index in [-0.39, 0.29) is 22.2 Å². The Bertz CT molecular complexity index is 1120. The minimum absolute atomic E-state index is 0.0334. The third-order valence-corrected chi connectivity index (χ3v) is 5.89. The van der Waals surface area contributed by atoms with Crippen LogP contribution in [0.15, 0.2) is 81.1 Å². The quantitative estimate of drug-likeness (QED) is 0.484. The molecule has 1 N–H and O–H groups in total. The number of carbonyl (C=O) groups is 1. The van der Waals surface area contributed by atoms with Gasteiger partial charge in [0.2, 0.25) is 0 Å². The van der Waals surface area contributed by atoms with Crippen LogP contribution < -0.4 is 5.43 Å². The van der Waals surface area contributed by atoms with Gasteiger partial charge >= 0.3 is 5.91 Å². The van der Waals surface area contributed by atoms with E-state index in [1.54, 1.807) is 43.3 Å². The van der Waals surface area contributed by atoms with E-state index >= 15 is 0 Å². The third-order valence-electron chi connectivity index (χ3n) is 3.91. The molecule has 0 bridgehead atoms. The van der Waals surface area contributed by atoms with Crippen LogP contribution in [-0.2, 0) is 15.6 Å². The fraction of sp³-hybridized carbons (Fsp3) is 0.100. The zero-order chi connectivity index (χ0) is 20.1. The Balaban J connectivity index is 1.69. The van der Waals surface area contributed by atoms with Gasteiger partial charge in [-0.25, -0.2) is 13.8 Å². The minimum atomic E-state index is -3.56. The monoisotopic (exact) mass is 416 g/mol. The highest BCUT2D eigenvalue weighted by molar-refractivity contribution is 7.90. The van der Waals surface area contributed by atoms with Crippen molar-refractivity contribution in [3.63, 3.8) is 0 Å². The summed E-state index contributed by atoms with van der Waals surface area (Å²) in [5, 5.41) is 4.54. The van der Waals surface area contributed by atoms with Gasteiger partial charge in [0.1, 0.15) is 11.5 Å². The van der Waals surface area contributed by atoms with Crippen molar-refractivity contribution in [1.82, 2.24) is 5.43 Å². The summed E-state index contributed by atoms with van der Waals surface area (Å²) in [6, 6.07) is 18.0. The summed E-state index contributed by atoms with van der Waals surface area (Å²) in [5.41, 5.74) is 3.60. The molecule has 3 aromatic rings. The molecule has 1 heterocycles. The first-order valence-corrected chi connectivity index (χ1v) is 10.4. The number of rotatable bonds is 6. The Labute approximate surface area is 167 Å². The molecule has 6 nitrogen and oxygen atoms in total. The highest BCUT2D eigenvalue weighted by Gasteiger charge is 2.19. The van der Waals surface area contributed by atoms with E-state index in [9.17, 15) is 13.2 Å². The first kappa shape index (κ1) is 19.9. The summed E-state index contributed by atoms with van der Waals surface area (Å²) >= 11 is 6.10. The SMILES string of the molecule is C/C(=N/NC(=O)c1ccc(CS(=O)(=O)c2ccccc2)o1)c1ccccc1Cl. The van der Waals surface area contributed by atoms with Crippen LogP contribution in [0.3, 0.4) is 0 Å². The average molecular weight is 417 g/mol. The number of furan rings is 1.